The van der Waals surface area contributed by atoms with Gasteiger partial charge in [0.15, 0.2) is 0 Å². The molecule has 25 heavy (non-hydrogen) atoms. The molecule has 2 unspecified atom stereocenters. The molecule has 126 valence electrons. The highest BCUT2D eigenvalue weighted by atomic mass is 28.3. The van der Waals surface area contributed by atoms with Crippen LogP contribution in [0.25, 0.3) is 10.8 Å². The molecular weight excluding hydrogens is 316 g/mol. The molecule has 2 atom stereocenters. The summed E-state index contributed by atoms with van der Waals surface area (Å²) in [4.78, 5) is 0. The Morgan fingerprint density at radius 2 is 1.60 bits per heavy atom. The summed E-state index contributed by atoms with van der Waals surface area (Å²) in [7, 11) is -1.31. The van der Waals surface area contributed by atoms with Crippen molar-refractivity contribution in [1.82, 2.24) is 0 Å². The van der Waals surface area contributed by atoms with Crippen molar-refractivity contribution in [2.45, 2.75) is 38.0 Å². The molecule has 0 spiro atoms. The highest BCUT2D eigenvalue weighted by molar-refractivity contribution is 6.79. The number of allylic oxidation sites excluding steroid dienone is 8. The lowest BCUT2D eigenvalue weighted by Crippen LogP contribution is -2.29. The Labute approximate surface area is 152 Å². The van der Waals surface area contributed by atoms with E-state index in [0.717, 1.165) is 0 Å². The van der Waals surface area contributed by atoms with Crippen LogP contribution in [0.1, 0.15) is 18.4 Å². The Balaban J connectivity index is 1.92. The van der Waals surface area contributed by atoms with E-state index in [-0.39, 0.29) is 0 Å². The molecule has 0 radical (unpaired) electrons. The minimum Gasteiger partial charge on any atom is -0.0726 e. The zero-order chi connectivity index (χ0) is 17.6. The van der Waals surface area contributed by atoms with Crippen LogP contribution in [0, 0.1) is 0 Å². The molecule has 2 aromatic rings. The standard InChI is InChI=1S/C24H26Si/c1-17-16-23-21(13-7-8-14-22(23)24(17)25(2,3)4)20-15-9-11-18-10-5-6-12-19(18)20/h5-16,21,24H,1-4H3. The highest BCUT2D eigenvalue weighted by Gasteiger charge is 2.37. The third-order valence-corrected chi connectivity index (χ3v) is 8.03. The predicted molar refractivity (Wildman–Crippen MR) is 113 cm³/mol. The fourth-order valence-corrected chi connectivity index (χ4v) is 7.31. The second kappa shape index (κ2) is 6.00. The Morgan fingerprint density at radius 1 is 0.840 bits per heavy atom. The summed E-state index contributed by atoms with van der Waals surface area (Å²) in [5, 5.41) is 2.70. The average Bonchev–Trinajstić information content (AvgIpc) is 2.78. The molecule has 0 nitrogen and oxygen atoms in total. The molecule has 1 heteroatoms. The summed E-state index contributed by atoms with van der Waals surface area (Å²) in [5.41, 5.74) is 6.67. The van der Waals surface area contributed by atoms with E-state index >= 15 is 0 Å². The summed E-state index contributed by atoms with van der Waals surface area (Å²) < 4.78 is 0. The molecule has 0 fully saturated rings. The Morgan fingerprint density at radius 3 is 2.40 bits per heavy atom. The molecule has 2 aromatic carbocycles. The van der Waals surface area contributed by atoms with Crippen LogP contribution in [-0.4, -0.2) is 8.07 Å². The molecule has 0 saturated heterocycles. The van der Waals surface area contributed by atoms with Gasteiger partial charge < -0.3 is 0 Å². The Hall–Kier alpha value is -2.12. The lowest BCUT2D eigenvalue weighted by molar-refractivity contribution is 1.02. The van der Waals surface area contributed by atoms with Crippen molar-refractivity contribution in [3.8, 4) is 0 Å². The minimum absolute atomic E-state index is 0.340. The summed E-state index contributed by atoms with van der Waals surface area (Å²) in [6.07, 6.45) is 11.7. The third-order valence-electron chi connectivity index (χ3n) is 5.53. The lowest BCUT2D eigenvalue weighted by Gasteiger charge is -2.29. The van der Waals surface area contributed by atoms with Gasteiger partial charge in [-0.2, -0.15) is 0 Å². The van der Waals surface area contributed by atoms with Gasteiger partial charge in [0, 0.05) is 5.92 Å². The normalized spacial score (nSPS) is 23.0. The van der Waals surface area contributed by atoms with E-state index in [9.17, 15) is 0 Å². The van der Waals surface area contributed by atoms with E-state index in [2.05, 4.69) is 99.4 Å². The molecule has 0 saturated carbocycles. The fourth-order valence-electron chi connectivity index (χ4n) is 4.67. The average molecular weight is 343 g/mol. The van der Waals surface area contributed by atoms with Crippen LogP contribution in [0.5, 0.6) is 0 Å². The van der Waals surface area contributed by atoms with Crippen LogP contribution >= 0.6 is 0 Å². The van der Waals surface area contributed by atoms with Crippen molar-refractivity contribution in [2.24, 2.45) is 0 Å². The van der Waals surface area contributed by atoms with Crippen LogP contribution < -0.4 is 0 Å². The smallest absolute Gasteiger partial charge is 0.0569 e. The first-order valence-electron chi connectivity index (χ1n) is 9.21. The van der Waals surface area contributed by atoms with E-state index in [1.807, 2.05) is 0 Å². The molecule has 4 rings (SSSR count). The van der Waals surface area contributed by atoms with Crippen LogP contribution in [0.15, 0.2) is 89.6 Å². The summed E-state index contributed by atoms with van der Waals surface area (Å²) >= 11 is 0. The van der Waals surface area contributed by atoms with Gasteiger partial charge in [-0.3, -0.25) is 0 Å². The number of rotatable bonds is 2. The first-order valence-corrected chi connectivity index (χ1v) is 12.8. The van der Waals surface area contributed by atoms with E-state index < -0.39 is 8.07 Å². The van der Waals surface area contributed by atoms with Crippen LogP contribution in [0.4, 0.5) is 0 Å². The topological polar surface area (TPSA) is 0 Å². The maximum absolute atomic E-state index is 2.49. The van der Waals surface area contributed by atoms with Crippen LogP contribution in [0.3, 0.4) is 0 Å². The molecular formula is C24H26Si. The van der Waals surface area contributed by atoms with E-state index in [4.69, 9.17) is 0 Å². The number of benzene rings is 2. The number of fused-ring (bicyclic) bond motifs is 1. The van der Waals surface area contributed by atoms with Crippen LogP contribution in [0.2, 0.25) is 25.2 Å². The molecule has 0 N–H and O–H groups in total. The molecule has 0 aliphatic heterocycles. The largest absolute Gasteiger partial charge is 0.0726 e. The van der Waals surface area contributed by atoms with Crippen molar-refractivity contribution in [1.29, 1.82) is 0 Å². The Bertz CT molecular complexity index is 942. The van der Waals surface area contributed by atoms with Gasteiger partial charge in [0.05, 0.1) is 8.07 Å². The summed E-state index contributed by atoms with van der Waals surface area (Å²) in [6, 6.07) is 15.5. The van der Waals surface area contributed by atoms with E-state index in [0.29, 0.717) is 11.5 Å². The molecule has 0 bridgehead atoms. The summed E-state index contributed by atoms with van der Waals surface area (Å²) in [5.74, 6) is 0.340. The molecule has 0 amide bonds. The first-order chi connectivity index (χ1) is 12.0. The van der Waals surface area contributed by atoms with Crippen LogP contribution in [-0.2, 0) is 0 Å². The van der Waals surface area contributed by atoms with Gasteiger partial charge >= 0.3 is 0 Å². The van der Waals surface area contributed by atoms with Gasteiger partial charge in [-0.1, -0.05) is 98.1 Å². The van der Waals surface area contributed by atoms with Crippen molar-refractivity contribution < 1.29 is 0 Å². The van der Waals surface area contributed by atoms with Gasteiger partial charge in [0.25, 0.3) is 0 Å². The molecule has 2 aliphatic carbocycles. The Kier molecular flexibility index (Phi) is 3.92. The fraction of sp³-hybridized carbons (Fsp3) is 0.250. The first kappa shape index (κ1) is 16.4. The molecule has 0 aromatic heterocycles. The SMILES string of the molecule is CC1=CC2=C(C=CC=CC2c2cccc3ccccc23)C1[Si](C)(C)C. The molecule has 0 heterocycles. The maximum atomic E-state index is 2.49. The second-order valence-corrected chi connectivity index (χ2v) is 13.7. The van der Waals surface area contributed by atoms with Crippen molar-refractivity contribution in [3.05, 3.63) is 95.1 Å². The minimum atomic E-state index is -1.31. The second-order valence-electron chi connectivity index (χ2n) is 8.39. The lowest BCUT2D eigenvalue weighted by atomic mass is 9.86. The third kappa shape index (κ3) is 2.77. The van der Waals surface area contributed by atoms with Gasteiger partial charge in [-0.25, -0.2) is 0 Å². The monoisotopic (exact) mass is 342 g/mol. The van der Waals surface area contributed by atoms with Crippen molar-refractivity contribution >= 4 is 18.8 Å². The van der Waals surface area contributed by atoms with E-state index in [1.165, 1.54) is 21.9 Å². The van der Waals surface area contributed by atoms with Crippen molar-refractivity contribution in [3.63, 3.8) is 0 Å². The predicted octanol–water partition coefficient (Wildman–Crippen LogP) is 7.01. The van der Waals surface area contributed by atoms with Gasteiger partial charge in [0.1, 0.15) is 0 Å². The van der Waals surface area contributed by atoms with Crippen molar-refractivity contribution in [2.75, 3.05) is 0 Å². The van der Waals surface area contributed by atoms with Gasteiger partial charge in [-0.15, -0.1) is 0 Å². The zero-order valence-electron chi connectivity index (χ0n) is 15.6. The van der Waals surface area contributed by atoms with Gasteiger partial charge in [-0.05, 0) is 39.9 Å². The maximum Gasteiger partial charge on any atom is 0.0569 e. The summed E-state index contributed by atoms with van der Waals surface area (Å²) in [6.45, 7) is 9.80. The quantitative estimate of drug-likeness (QED) is 0.515. The number of hydrogen-bond acceptors (Lipinski definition) is 0. The zero-order valence-corrected chi connectivity index (χ0v) is 16.6. The van der Waals surface area contributed by atoms with Gasteiger partial charge in [0.2, 0.25) is 0 Å². The van der Waals surface area contributed by atoms with E-state index in [1.54, 1.807) is 11.1 Å². The molecule has 2 aliphatic rings. The highest BCUT2D eigenvalue weighted by Crippen LogP contribution is 2.49. The number of hydrogen-bond donors (Lipinski definition) is 0.